The highest BCUT2D eigenvalue weighted by Gasteiger charge is 2.24. The molecule has 0 radical (unpaired) electrons. The molecule has 1 aliphatic rings. The zero-order valence-electron chi connectivity index (χ0n) is 14.6. The van der Waals surface area contributed by atoms with Crippen molar-refractivity contribution in [3.8, 4) is 17.2 Å². The van der Waals surface area contributed by atoms with Gasteiger partial charge in [0.05, 0.1) is 26.2 Å². The van der Waals surface area contributed by atoms with Crippen molar-refractivity contribution < 1.29 is 19.0 Å². The van der Waals surface area contributed by atoms with Crippen molar-refractivity contribution in [1.82, 2.24) is 5.32 Å². The topological polar surface area (TPSA) is 69.2 Å². The predicted molar refractivity (Wildman–Crippen MR) is 103 cm³/mol. The van der Waals surface area contributed by atoms with Gasteiger partial charge in [0.25, 0.3) is 5.91 Å². The van der Waals surface area contributed by atoms with Gasteiger partial charge in [-0.3, -0.25) is 4.79 Å². The number of ether oxygens (including phenoxy) is 3. The van der Waals surface area contributed by atoms with Crippen LogP contribution in [-0.2, 0) is 4.79 Å². The lowest BCUT2D eigenvalue weighted by molar-refractivity contribution is -0.115. The summed E-state index contributed by atoms with van der Waals surface area (Å²) in [6.07, 6.45) is 1.80. The molecule has 6 nitrogen and oxygen atoms in total. The molecule has 3 rings (SSSR count). The first-order chi connectivity index (χ1) is 12.6. The Morgan fingerprint density at radius 2 is 1.77 bits per heavy atom. The lowest BCUT2D eigenvalue weighted by Crippen LogP contribution is -2.19. The van der Waals surface area contributed by atoms with E-state index < -0.39 is 0 Å². The van der Waals surface area contributed by atoms with E-state index in [0.29, 0.717) is 27.3 Å². The van der Waals surface area contributed by atoms with Gasteiger partial charge in [0.1, 0.15) is 22.9 Å². The molecule has 1 saturated heterocycles. The molecule has 0 saturated carbocycles. The van der Waals surface area contributed by atoms with E-state index in [1.165, 1.54) is 11.8 Å². The minimum absolute atomic E-state index is 0.191. The summed E-state index contributed by atoms with van der Waals surface area (Å²) in [5.41, 5.74) is 1.49. The quantitative estimate of drug-likeness (QED) is 0.815. The van der Waals surface area contributed by atoms with E-state index in [0.717, 1.165) is 11.3 Å². The molecule has 0 spiro atoms. The molecule has 1 N–H and O–H groups in total. The van der Waals surface area contributed by atoms with Crippen molar-refractivity contribution in [1.29, 1.82) is 0 Å². The predicted octanol–water partition coefficient (Wildman–Crippen LogP) is 3.60. The minimum Gasteiger partial charge on any atom is -0.497 e. The molecule has 0 atom stereocenters. The molecular weight excluding hydrogens is 352 g/mol. The lowest BCUT2D eigenvalue weighted by atomic mass is 10.2. The van der Waals surface area contributed by atoms with Crippen molar-refractivity contribution in [2.75, 3.05) is 21.3 Å². The number of rotatable bonds is 5. The maximum atomic E-state index is 12.2. The molecule has 2 aromatic carbocycles. The number of thioether (sulfide) groups is 1. The molecule has 134 valence electrons. The van der Waals surface area contributed by atoms with Crippen LogP contribution in [0.2, 0.25) is 0 Å². The second-order valence-electron chi connectivity index (χ2n) is 5.30. The van der Waals surface area contributed by atoms with Crippen molar-refractivity contribution >= 4 is 34.6 Å². The fraction of sp³-hybridized carbons (Fsp3) is 0.158. The second kappa shape index (κ2) is 7.97. The Bertz CT molecular complexity index is 893. The van der Waals surface area contributed by atoms with Crippen LogP contribution in [0.5, 0.6) is 17.2 Å². The Morgan fingerprint density at radius 1 is 1.00 bits per heavy atom. The highest BCUT2D eigenvalue weighted by atomic mass is 32.2. The van der Waals surface area contributed by atoms with Gasteiger partial charge in [-0.15, -0.1) is 0 Å². The zero-order chi connectivity index (χ0) is 18.5. The van der Waals surface area contributed by atoms with E-state index in [1.54, 1.807) is 45.6 Å². The Morgan fingerprint density at radius 3 is 2.50 bits per heavy atom. The van der Waals surface area contributed by atoms with Crippen LogP contribution in [0.15, 0.2) is 52.4 Å². The number of aliphatic imine (C=N–C) groups is 1. The SMILES string of the molecule is COc1cccc(/C=C2\SC(=Nc3ccc(OC)cc3OC)NC2=O)c1. The van der Waals surface area contributed by atoms with E-state index in [1.807, 2.05) is 24.3 Å². The number of methoxy groups -OCH3 is 3. The third-order valence-electron chi connectivity index (χ3n) is 3.65. The third-order valence-corrected chi connectivity index (χ3v) is 4.56. The van der Waals surface area contributed by atoms with Gasteiger partial charge >= 0.3 is 0 Å². The second-order valence-corrected chi connectivity index (χ2v) is 6.33. The van der Waals surface area contributed by atoms with Gasteiger partial charge < -0.3 is 19.5 Å². The molecule has 26 heavy (non-hydrogen) atoms. The van der Waals surface area contributed by atoms with Crippen LogP contribution in [0.4, 0.5) is 5.69 Å². The Balaban J connectivity index is 1.85. The zero-order valence-corrected chi connectivity index (χ0v) is 15.4. The van der Waals surface area contributed by atoms with E-state index in [4.69, 9.17) is 14.2 Å². The monoisotopic (exact) mass is 370 g/mol. The van der Waals surface area contributed by atoms with Crippen LogP contribution in [0.25, 0.3) is 6.08 Å². The molecule has 1 fully saturated rings. The highest BCUT2D eigenvalue weighted by Crippen LogP contribution is 2.34. The Hall–Kier alpha value is -2.93. The largest absolute Gasteiger partial charge is 0.497 e. The van der Waals surface area contributed by atoms with Gasteiger partial charge in [0, 0.05) is 6.07 Å². The molecule has 0 aliphatic carbocycles. The summed E-state index contributed by atoms with van der Waals surface area (Å²) in [5, 5.41) is 3.26. The van der Waals surface area contributed by atoms with Crippen molar-refractivity contribution in [2.45, 2.75) is 0 Å². The minimum atomic E-state index is -0.191. The molecule has 0 aromatic heterocycles. The molecule has 2 aromatic rings. The molecule has 1 aliphatic heterocycles. The van der Waals surface area contributed by atoms with E-state index in [-0.39, 0.29) is 5.91 Å². The van der Waals surface area contributed by atoms with Crippen LogP contribution in [0, 0.1) is 0 Å². The van der Waals surface area contributed by atoms with E-state index in [2.05, 4.69) is 10.3 Å². The fourth-order valence-corrected chi connectivity index (χ4v) is 3.18. The maximum absolute atomic E-state index is 12.2. The number of amides is 1. The van der Waals surface area contributed by atoms with Gasteiger partial charge in [0.2, 0.25) is 0 Å². The maximum Gasteiger partial charge on any atom is 0.264 e. The summed E-state index contributed by atoms with van der Waals surface area (Å²) < 4.78 is 15.7. The third kappa shape index (κ3) is 4.00. The first kappa shape index (κ1) is 17.9. The number of nitrogens with one attached hydrogen (secondary N) is 1. The molecular formula is C19H18N2O4S. The molecule has 0 unspecified atom stereocenters. The van der Waals surface area contributed by atoms with Crippen molar-refractivity contribution in [2.24, 2.45) is 4.99 Å². The average Bonchev–Trinajstić information content (AvgIpc) is 3.01. The summed E-state index contributed by atoms with van der Waals surface area (Å²) in [7, 11) is 4.76. The summed E-state index contributed by atoms with van der Waals surface area (Å²) in [6, 6.07) is 12.8. The molecule has 1 heterocycles. The van der Waals surface area contributed by atoms with Gasteiger partial charge in [0.15, 0.2) is 5.17 Å². The number of hydrogen-bond acceptors (Lipinski definition) is 6. The van der Waals surface area contributed by atoms with Crippen molar-refractivity contribution in [3.63, 3.8) is 0 Å². The average molecular weight is 370 g/mol. The standard InChI is InChI=1S/C19H18N2O4S/c1-23-13-6-4-5-12(9-13)10-17-18(22)21-19(26-17)20-15-8-7-14(24-2)11-16(15)25-3/h4-11H,1-3H3,(H,20,21,22)/b17-10-. The van der Waals surface area contributed by atoms with E-state index in [9.17, 15) is 4.79 Å². The number of nitrogens with zero attached hydrogens (tertiary/aromatic N) is 1. The normalized spacial score (nSPS) is 16.7. The highest BCUT2D eigenvalue weighted by molar-refractivity contribution is 8.18. The van der Waals surface area contributed by atoms with Crippen LogP contribution in [-0.4, -0.2) is 32.4 Å². The lowest BCUT2D eigenvalue weighted by Gasteiger charge is -2.07. The first-order valence-electron chi connectivity index (χ1n) is 7.78. The summed E-state index contributed by atoms with van der Waals surface area (Å²) >= 11 is 1.27. The number of benzene rings is 2. The molecule has 0 bridgehead atoms. The smallest absolute Gasteiger partial charge is 0.264 e. The van der Waals surface area contributed by atoms with Gasteiger partial charge in [-0.2, -0.15) is 0 Å². The molecule has 1 amide bonds. The van der Waals surface area contributed by atoms with Gasteiger partial charge in [-0.25, -0.2) is 4.99 Å². The summed E-state index contributed by atoms with van der Waals surface area (Å²) in [5.74, 6) is 1.79. The van der Waals surface area contributed by atoms with Gasteiger partial charge in [-0.05, 0) is 47.7 Å². The van der Waals surface area contributed by atoms with Crippen LogP contribution < -0.4 is 19.5 Å². The van der Waals surface area contributed by atoms with Crippen LogP contribution >= 0.6 is 11.8 Å². The Kier molecular flexibility index (Phi) is 5.48. The number of carbonyl (C=O) groups is 1. The van der Waals surface area contributed by atoms with Crippen LogP contribution in [0.3, 0.4) is 0 Å². The van der Waals surface area contributed by atoms with E-state index >= 15 is 0 Å². The van der Waals surface area contributed by atoms with Crippen molar-refractivity contribution in [3.05, 3.63) is 52.9 Å². The summed E-state index contributed by atoms with van der Waals surface area (Å²) in [6.45, 7) is 0. The van der Waals surface area contributed by atoms with Crippen LogP contribution in [0.1, 0.15) is 5.56 Å². The summed E-state index contributed by atoms with van der Waals surface area (Å²) in [4.78, 5) is 17.3. The Labute approximate surface area is 155 Å². The molecule has 7 heteroatoms. The van der Waals surface area contributed by atoms with Gasteiger partial charge in [-0.1, -0.05) is 12.1 Å². The number of hydrogen-bond donors (Lipinski definition) is 1. The fourth-order valence-electron chi connectivity index (χ4n) is 2.35. The number of carbonyl (C=O) groups excluding carboxylic acids is 1. The number of amidine groups is 1. The first-order valence-corrected chi connectivity index (χ1v) is 8.60.